The van der Waals surface area contributed by atoms with E-state index in [1.165, 1.54) is 0 Å². The van der Waals surface area contributed by atoms with Crippen molar-refractivity contribution in [3.05, 3.63) is 41.9 Å². The second-order valence-corrected chi connectivity index (χ2v) is 5.41. The van der Waals surface area contributed by atoms with E-state index in [1.54, 1.807) is 6.92 Å². The van der Waals surface area contributed by atoms with Crippen molar-refractivity contribution in [3.8, 4) is 0 Å². The summed E-state index contributed by atoms with van der Waals surface area (Å²) in [4.78, 5) is 4.47. The van der Waals surface area contributed by atoms with Crippen molar-refractivity contribution in [1.29, 1.82) is 0 Å². The molecule has 0 saturated heterocycles. The fourth-order valence-electron chi connectivity index (χ4n) is 2.28. The van der Waals surface area contributed by atoms with Crippen molar-refractivity contribution in [3.63, 3.8) is 0 Å². The molecule has 0 spiro atoms. The lowest BCUT2D eigenvalue weighted by Crippen LogP contribution is -2.08. The number of benzene rings is 1. The van der Waals surface area contributed by atoms with Crippen LogP contribution in [0.5, 0.6) is 0 Å². The molecule has 2 heterocycles. The van der Waals surface area contributed by atoms with Crippen molar-refractivity contribution in [2.24, 2.45) is 0 Å². The predicted molar refractivity (Wildman–Crippen MR) is 77.9 cm³/mol. The van der Waals surface area contributed by atoms with Gasteiger partial charge in [0.1, 0.15) is 18.5 Å². The molecule has 1 N–H and O–H groups in total. The average Bonchev–Trinajstić information content (AvgIpc) is 3.05. The number of aliphatic hydroxyl groups is 1. The van der Waals surface area contributed by atoms with Gasteiger partial charge in [-0.25, -0.2) is 4.98 Å². The molecular formula is C15H18N4O2. The van der Waals surface area contributed by atoms with Gasteiger partial charge in [-0.15, -0.1) is 10.2 Å². The van der Waals surface area contributed by atoms with E-state index in [0.29, 0.717) is 24.2 Å². The zero-order valence-electron chi connectivity index (χ0n) is 12.3. The highest BCUT2D eigenvalue weighted by Crippen LogP contribution is 2.22. The van der Waals surface area contributed by atoms with Gasteiger partial charge in [0.15, 0.2) is 0 Å². The van der Waals surface area contributed by atoms with Crippen LogP contribution in [0.1, 0.15) is 50.4 Å². The topological polar surface area (TPSA) is 77.0 Å². The number of hydrogen-bond donors (Lipinski definition) is 1. The van der Waals surface area contributed by atoms with Gasteiger partial charge in [-0.1, -0.05) is 26.0 Å². The zero-order chi connectivity index (χ0) is 15.0. The van der Waals surface area contributed by atoms with Gasteiger partial charge in [-0.2, -0.15) is 0 Å². The molecule has 0 aliphatic rings. The van der Waals surface area contributed by atoms with E-state index in [-0.39, 0.29) is 5.92 Å². The first-order valence-electron chi connectivity index (χ1n) is 7.01. The Bertz CT molecular complexity index is 758. The van der Waals surface area contributed by atoms with Crippen LogP contribution in [0.2, 0.25) is 0 Å². The predicted octanol–water partition coefficient (Wildman–Crippen LogP) is 2.64. The summed E-state index contributed by atoms with van der Waals surface area (Å²) in [6, 6.07) is 7.76. The molecule has 1 atom stereocenters. The summed E-state index contributed by atoms with van der Waals surface area (Å²) in [5, 5.41) is 18.0. The van der Waals surface area contributed by atoms with Gasteiger partial charge in [-0.05, 0) is 19.1 Å². The number of aliphatic hydroxyl groups excluding tert-OH is 1. The van der Waals surface area contributed by atoms with E-state index in [0.717, 1.165) is 11.0 Å². The SMILES string of the molecule is CC(C)c1nnc(Cn2c([C@H](C)O)nc3ccccc32)o1. The Hall–Kier alpha value is -2.21. The number of aromatic nitrogens is 4. The van der Waals surface area contributed by atoms with Gasteiger partial charge >= 0.3 is 0 Å². The third kappa shape index (κ3) is 2.54. The Morgan fingerprint density at radius 3 is 2.62 bits per heavy atom. The standard InChI is InChI=1S/C15H18N4O2/c1-9(2)15-18-17-13(21-15)8-19-12-7-5-4-6-11(12)16-14(19)10(3)20/h4-7,9-10,20H,8H2,1-3H3/t10-/m0/s1. The number of fused-ring (bicyclic) bond motifs is 1. The summed E-state index contributed by atoms with van der Waals surface area (Å²) < 4.78 is 7.56. The monoisotopic (exact) mass is 286 g/mol. The zero-order valence-corrected chi connectivity index (χ0v) is 12.3. The van der Waals surface area contributed by atoms with Crippen LogP contribution in [-0.4, -0.2) is 24.9 Å². The minimum absolute atomic E-state index is 0.196. The van der Waals surface area contributed by atoms with Gasteiger partial charge in [-0.3, -0.25) is 0 Å². The lowest BCUT2D eigenvalue weighted by Gasteiger charge is -2.08. The number of nitrogens with zero attached hydrogens (tertiary/aromatic N) is 4. The Morgan fingerprint density at radius 2 is 1.95 bits per heavy atom. The Labute approximate surface area is 122 Å². The fourth-order valence-corrected chi connectivity index (χ4v) is 2.28. The van der Waals surface area contributed by atoms with Gasteiger partial charge in [0.2, 0.25) is 11.8 Å². The number of hydrogen-bond acceptors (Lipinski definition) is 5. The molecule has 3 rings (SSSR count). The first-order valence-corrected chi connectivity index (χ1v) is 7.01. The van der Waals surface area contributed by atoms with E-state index in [9.17, 15) is 5.11 Å². The van der Waals surface area contributed by atoms with Crippen LogP contribution in [0.25, 0.3) is 11.0 Å². The van der Waals surface area contributed by atoms with Crippen molar-refractivity contribution < 1.29 is 9.52 Å². The summed E-state index contributed by atoms with van der Waals surface area (Å²) in [6.45, 7) is 6.11. The van der Waals surface area contributed by atoms with Crippen molar-refractivity contribution in [2.75, 3.05) is 0 Å². The van der Waals surface area contributed by atoms with Gasteiger partial charge in [0, 0.05) is 5.92 Å². The summed E-state index contributed by atoms with van der Waals surface area (Å²) in [7, 11) is 0. The molecule has 2 aromatic heterocycles. The smallest absolute Gasteiger partial charge is 0.236 e. The quantitative estimate of drug-likeness (QED) is 0.797. The Morgan fingerprint density at radius 1 is 1.19 bits per heavy atom. The minimum Gasteiger partial charge on any atom is -0.423 e. The van der Waals surface area contributed by atoms with E-state index in [2.05, 4.69) is 15.2 Å². The molecular weight excluding hydrogens is 268 g/mol. The molecule has 0 bridgehead atoms. The lowest BCUT2D eigenvalue weighted by molar-refractivity contribution is 0.184. The molecule has 1 aromatic carbocycles. The molecule has 21 heavy (non-hydrogen) atoms. The van der Waals surface area contributed by atoms with Crippen LogP contribution in [-0.2, 0) is 6.54 Å². The molecule has 0 unspecified atom stereocenters. The van der Waals surface area contributed by atoms with Crippen LogP contribution in [0.15, 0.2) is 28.7 Å². The Kier molecular flexibility index (Phi) is 3.47. The first kappa shape index (κ1) is 13.8. The van der Waals surface area contributed by atoms with Crippen molar-refractivity contribution >= 4 is 11.0 Å². The summed E-state index contributed by atoms with van der Waals surface area (Å²) in [6.07, 6.45) is -0.662. The van der Waals surface area contributed by atoms with Crippen LogP contribution in [0.4, 0.5) is 0 Å². The Balaban J connectivity index is 2.03. The third-order valence-corrected chi connectivity index (χ3v) is 3.33. The normalized spacial score (nSPS) is 13.2. The largest absolute Gasteiger partial charge is 0.423 e. The van der Waals surface area contributed by atoms with Crippen molar-refractivity contribution in [2.45, 2.75) is 39.3 Å². The van der Waals surface area contributed by atoms with Crippen LogP contribution in [0.3, 0.4) is 0 Å². The molecule has 0 aliphatic carbocycles. The molecule has 6 heteroatoms. The highest BCUT2D eigenvalue weighted by Gasteiger charge is 2.17. The van der Waals surface area contributed by atoms with Crippen molar-refractivity contribution in [1.82, 2.24) is 19.7 Å². The molecule has 0 saturated carbocycles. The van der Waals surface area contributed by atoms with Gasteiger partial charge < -0.3 is 14.1 Å². The summed E-state index contributed by atoms with van der Waals surface area (Å²) in [5.41, 5.74) is 1.79. The summed E-state index contributed by atoms with van der Waals surface area (Å²) >= 11 is 0. The van der Waals surface area contributed by atoms with E-state index in [4.69, 9.17) is 4.42 Å². The van der Waals surface area contributed by atoms with E-state index >= 15 is 0 Å². The molecule has 0 fully saturated rings. The lowest BCUT2D eigenvalue weighted by atomic mass is 10.2. The number of rotatable bonds is 4. The highest BCUT2D eigenvalue weighted by molar-refractivity contribution is 5.76. The maximum absolute atomic E-state index is 9.93. The first-order chi connectivity index (χ1) is 10.1. The maximum Gasteiger partial charge on any atom is 0.236 e. The molecule has 0 aliphatic heterocycles. The van der Waals surface area contributed by atoms with E-state index in [1.807, 2.05) is 42.7 Å². The van der Waals surface area contributed by atoms with Crippen LogP contribution < -0.4 is 0 Å². The maximum atomic E-state index is 9.93. The number of imidazole rings is 1. The second-order valence-electron chi connectivity index (χ2n) is 5.41. The van der Waals surface area contributed by atoms with Gasteiger partial charge in [0.05, 0.1) is 11.0 Å². The van der Waals surface area contributed by atoms with E-state index < -0.39 is 6.10 Å². The average molecular weight is 286 g/mol. The molecule has 110 valence electrons. The summed E-state index contributed by atoms with van der Waals surface area (Å²) in [5.74, 6) is 1.93. The third-order valence-electron chi connectivity index (χ3n) is 3.33. The minimum atomic E-state index is -0.662. The molecule has 0 radical (unpaired) electrons. The second kappa shape index (κ2) is 5.29. The van der Waals surface area contributed by atoms with Crippen LogP contribution >= 0.6 is 0 Å². The molecule has 0 amide bonds. The van der Waals surface area contributed by atoms with Gasteiger partial charge in [0.25, 0.3) is 0 Å². The molecule has 6 nitrogen and oxygen atoms in total. The number of para-hydroxylation sites is 2. The van der Waals surface area contributed by atoms with Crippen LogP contribution in [0, 0.1) is 0 Å². The fraction of sp³-hybridized carbons (Fsp3) is 0.400. The molecule has 3 aromatic rings. The highest BCUT2D eigenvalue weighted by atomic mass is 16.4.